The van der Waals surface area contributed by atoms with E-state index >= 15 is 0 Å². The number of aryl methyl sites for hydroxylation is 2. The van der Waals surface area contributed by atoms with E-state index in [1.807, 2.05) is 50.5 Å². The molecule has 3 heterocycles. The summed E-state index contributed by atoms with van der Waals surface area (Å²) in [5.41, 5.74) is 9.40. The SMILES string of the molecule is Cc1c(CNC(=O)C2CC(c3cccn3C)NN2)oc2ccccc12. The molecule has 1 amide bonds. The summed E-state index contributed by atoms with van der Waals surface area (Å²) in [6.45, 7) is 2.42. The lowest BCUT2D eigenvalue weighted by atomic mass is 10.1. The highest BCUT2D eigenvalue weighted by atomic mass is 16.3. The van der Waals surface area contributed by atoms with Crippen molar-refractivity contribution in [1.82, 2.24) is 20.7 Å². The van der Waals surface area contributed by atoms with E-state index in [0.717, 1.165) is 28.0 Å². The number of nitrogens with zero attached hydrogens (tertiary/aromatic N) is 1. The van der Waals surface area contributed by atoms with Crippen LogP contribution in [-0.4, -0.2) is 16.5 Å². The average Bonchev–Trinajstić information content (AvgIpc) is 3.32. The number of furan rings is 1. The number of aromatic nitrogens is 1. The molecule has 0 spiro atoms. The molecule has 1 saturated heterocycles. The Balaban J connectivity index is 1.39. The molecule has 1 aromatic carbocycles. The largest absolute Gasteiger partial charge is 0.459 e. The van der Waals surface area contributed by atoms with Crippen molar-refractivity contribution < 1.29 is 9.21 Å². The Hall–Kier alpha value is -2.57. The molecule has 6 heteroatoms. The van der Waals surface area contributed by atoms with Crippen LogP contribution in [0.2, 0.25) is 0 Å². The van der Waals surface area contributed by atoms with Gasteiger partial charge in [0.15, 0.2) is 0 Å². The summed E-state index contributed by atoms with van der Waals surface area (Å²) in [5.74, 6) is 0.781. The first-order chi connectivity index (χ1) is 12.1. The quantitative estimate of drug-likeness (QED) is 0.683. The molecule has 1 aliphatic rings. The zero-order valence-electron chi connectivity index (χ0n) is 14.4. The van der Waals surface area contributed by atoms with Crippen LogP contribution in [0.15, 0.2) is 47.0 Å². The van der Waals surface area contributed by atoms with E-state index in [0.29, 0.717) is 13.0 Å². The summed E-state index contributed by atoms with van der Waals surface area (Å²) >= 11 is 0. The smallest absolute Gasteiger partial charge is 0.238 e. The Bertz CT molecular complexity index is 911. The third kappa shape index (κ3) is 2.94. The lowest BCUT2D eigenvalue weighted by molar-refractivity contribution is -0.123. The number of fused-ring (bicyclic) bond motifs is 1. The molecule has 1 fully saturated rings. The molecule has 130 valence electrons. The van der Waals surface area contributed by atoms with Gasteiger partial charge < -0.3 is 14.3 Å². The highest BCUT2D eigenvalue weighted by Crippen LogP contribution is 2.25. The first-order valence-corrected chi connectivity index (χ1v) is 8.50. The molecule has 3 aromatic rings. The molecule has 0 aliphatic carbocycles. The predicted octanol–water partition coefficient (Wildman–Crippen LogP) is 2.30. The number of carbonyl (C=O) groups excluding carboxylic acids is 1. The highest BCUT2D eigenvalue weighted by Gasteiger charge is 2.31. The van der Waals surface area contributed by atoms with Crippen molar-refractivity contribution in [2.75, 3.05) is 0 Å². The Morgan fingerprint density at radius 3 is 2.88 bits per heavy atom. The van der Waals surface area contributed by atoms with Crippen molar-refractivity contribution in [1.29, 1.82) is 0 Å². The van der Waals surface area contributed by atoms with Crippen molar-refractivity contribution in [2.24, 2.45) is 7.05 Å². The van der Waals surface area contributed by atoms with Gasteiger partial charge in [-0.1, -0.05) is 18.2 Å². The monoisotopic (exact) mass is 338 g/mol. The lowest BCUT2D eigenvalue weighted by Gasteiger charge is -2.11. The molecular weight excluding hydrogens is 316 g/mol. The minimum atomic E-state index is -0.260. The van der Waals surface area contributed by atoms with E-state index in [-0.39, 0.29) is 18.0 Å². The van der Waals surface area contributed by atoms with Gasteiger partial charge in [-0.2, -0.15) is 0 Å². The van der Waals surface area contributed by atoms with Crippen LogP contribution in [0.3, 0.4) is 0 Å². The van der Waals surface area contributed by atoms with Gasteiger partial charge in [0.2, 0.25) is 5.91 Å². The predicted molar refractivity (Wildman–Crippen MR) is 95.6 cm³/mol. The molecular formula is C19H22N4O2. The normalized spacial score (nSPS) is 20.2. The fourth-order valence-corrected chi connectivity index (χ4v) is 3.44. The molecule has 4 rings (SSSR count). The third-order valence-corrected chi connectivity index (χ3v) is 4.93. The summed E-state index contributed by atoms with van der Waals surface area (Å²) in [6.07, 6.45) is 2.72. The minimum Gasteiger partial charge on any atom is -0.459 e. The van der Waals surface area contributed by atoms with Gasteiger partial charge in [0.1, 0.15) is 17.4 Å². The average molecular weight is 338 g/mol. The van der Waals surface area contributed by atoms with Gasteiger partial charge >= 0.3 is 0 Å². The summed E-state index contributed by atoms with van der Waals surface area (Å²) < 4.78 is 7.92. The maximum absolute atomic E-state index is 12.5. The zero-order chi connectivity index (χ0) is 17.4. The van der Waals surface area contributed by atoms with Gasteiger partial charge in [-0.15, -0.1) is 0 Å². The number of carbonyl (C=O) groups is 1. The van der Waals surface area contributed by atoms with Gasteiger partial charge in [0.25, 0.3) is 0 Å². The van der Waals surface area contributed by atoms with Crippen molar-refractivity contribution in [3.63, 3.8) is 0 Å². The van der Waals surface area contributed by atoms with Crippen molar-refractivity contribution in [2.45, 2.75) is 32.0 Å². The number of hydrogen-bond acceptors (Lipinski definition) is 4. The molecule has 1 aliphatic heterocycles. The fourth-order valence-electron chi connectivity index (χ4n) is 3.44. The van der Waals surface area contributed by atoms with Crippen LogP contribution < -0.4 is 16.2 Å². The van der Waals surface area contributed by atoms with E-state index in [1.54, 1.807) is 0 Å². The molecule has 0 radical (unpaired) electrons. The molecule has 6 nitrogen and oxygen atoms in total. The van der Waals surface area contributed by atoms with Crippen LogP contribution in [-0.2, 0) is 18.4 Å². The fraction of sp³-hybridized carbons (Fsp3) is 0.316. The summed E-state index contributed by atoms with van der Waals surface area (Å²) in [6, 6.07) is 11.9. The van der Waals surface area contributed by atoms with Crippen LogP contribution >= 0.6 is 0 Å². The molecule has 0 saturated carbocycles. The number of rotatable bonds is 4. The number of nitrogens with one attached hydrogen (secondary N) is 3. The Labute approximate surface area is 146 Å². The van der Waals surface area contributed by atoms with E-state index in [9.17, 15) is 4.79 Å². The van der Waals surface area contributed by atoms with E-state index in [4.69, 9.17) is 4.42 Å². The maximum Gasteiger partial charge on any atom is 0.238 e. The number of amides is 1. The van der Waals surface area contributed by atoms with Crippen LogP contribution in [0.25, 0.3) is 11.0 Å². The molecule has 2 unspecified atom stereocenters. The van der Waals surface area contributed by atoms with Crippen molar-refractivity contribution >= 4 is 16.9 Å². The topological polar surface area (TPSA) is 71.2 Å². The molecule has 2 atom stereocenters. The zero-order valence-corrected chi connectivity index (χ0v) is 14.4. The number of benzene rings is 1. The Morgan fingerprint density at radius 2 is 2.12 bits per heavy atom. The number of para-hydroxylation sites is 1. The standard InChI is InChI=1S/C19H22N4O2/c1-12-13-6-3-4-8-17(13)25-18(12)11-20-19(24)15-10-14(21-22-15)16-7-5-9-23(16)2/h3-9,14-15,21-22H,10-11H2,1-2H3,(H,20,24). The maximum atomic E-state index is 12.5. The van der Waals surface area contributed by atoms with Crippen molar-refractivity contribution in [3.8, 4) is 0 Å². The molecule has 0 bridgehead atoms. The number of hydrogen-bond donors (Lipinski definition) is 3. The molecule has 25 heavy (non-hydrogen) atoms. The summed E-state index contributed by atoms with van der Waals surface area (Å²) in [4.78, 5) is 12.5. The first-order valence-electron chi connectivity index (χ1n) is 8.50. The lowest BCUT2D eigenvalue weighted by Crippen LogP contribution is -2.42. The van der Waals surface area contributed by atoms with Gasteiger partial charge in [-0.3, -0.25) is 4.79 Å². The number of hydrazine groups is 1. The highest BCUT2D eigenvalue weighted by molar-refractivity contribution is 5.83. The summed E-state index contributed by atoms with van der Waals surface area (Å²) in [7, 11) is 2.01. The van der Waals surface area contributed by atoms with Crippen LogP contribution in [0, 0.1) is 6.92 Å². The third-order valence-electron chi connectivity index (χ3n) is 4.93. The van der Waals surface area contributed by atoms with Gasteiger partial charge in [0, 0.05) is 29.9 Å². The van der Waals surface area contributed by atoms with Crippen LogP contribution in [0.5, 0.6) is 0 Å². The second-order valence-corrected chi connectivity index (χ2v) is 6.54. The second kappa shape index (κ2) is 6.38. The Morgan fingerprint density at radius 1 is 1.28 bits per heavy atom. The van der Waals surface area contributed by atoms with Crippen molar-refractivity contribution in [3.05, 3.63) is 59.6 Å². The van der Waals surface area contributed by atoms with Gasteiger partial charge in [0.05, 0.1) is 12.6 Å². The summed E-state index contributed by atoms with van der Waals surface area (Å²) in [5, 5.41) is 4.07. The molecule has 3 N–H and O–H groups in total. The van der Waals surface area contributed by atoms with Crippen LogP contribution in [0.4, 0.5) is 0 Å². The van der Waals surface area contributed by atoms with E-state index in [2.05, 4.69) is 26.8 Å². The Kier molecular flexibility index (Phi) is 4.07. The molecule has 2 aromatic heterocycles. The second-order valence-electron chi connectivity index (χ2n) is 6.54. The van der Waals surface area contributed by atoms with Crippen LogP contribution in [0.1, 0.15) is 29.5 Å². The minimum absolute atomic E-state index is 0.0240. The van der Waals surface area contributed by atoms with Gasteiger partial charge in [-0.05, 0) is 31.5 Å². The first kappa shape index (κ1) is 15.9. The van der Waals surface area contributed by atoms with E-state index < -0.39 is 0 Å². The van der Waals surface area contributed by atoms with E-state index in [1.165, 1.54) is 0 Å². The van der Waals surface area contributed by atoms with Gasteiger partial charge in [-0.25, -0.2) is 10.9 Å².